The number of anilines is 1. The van der Waals surface area contributed by atoms with Crippen LogP contribution in [0.2, 0.25) is 0 Å². The first-order chi connectivity index (χ1) is 9.45. The van der Waals surface area contributed by atoms with E-state index in [9.17, 15) is 13.2 Å². The number of nitrogens with one attached hydrogen (secondary N) is 1. The topological polar surface area (TPSA) is 55.6 Å². The van der Waals surface area contributed by atoms with Gasteiger partial charge >= 0.3 is 6.18 Å². The van der Waals surface area contributed by atoms with E-state index in [0.29, 0.717) is 5.56 Å². The molecule has 0 radical (unpaired) electrons. The second-order valence-corrected chi connectivity index (χ2v) is 4.78. The molecule has 0 amide bonds. The zero-order valence-electron chi connectivity index (χ0n) is 10.6. The molecule has 0 aromatic carbocycles. The molecule has 0 fully saturated rings. The quantitative estimate of drug-likeness (QED) is 0.874. The average molecular weight is 283 g/mol. The number of alkyl halides is 3. The van der Waals surface area contributed by atoms with Crippen LogP contribution in [0.1, 0.15) is 19.4 Å². The van der Waals surface area contributed by atoms with Crippen LogP contribution in [-0.4, -0.2) is 32.0 Å². The summed E-state index contributed by atoms with van der Waals surface area (Å²) < 4.78 is 40.2. The number of halogens is 3. The lowest BCUT2D eigenvalue weighted by Gasteiger charge is -2.30. The fraction of sp³-hybridized carbons (Fsp3) is 0.417. The maximum atomic E-state index is 13.1. The van der Waals surface area contributed by atoms with E-state index in [2.05, 4.69) is 20.4 Å². The lowest BCUT2D eigenvalue weighted by Crippen LogP contribution is -2.38. The minimum Gasteiger partial charge on any atom is -0.352 e. The standard InChI is InChI=1S/C12H12F3N5/c1-7-6-9(12(13,14)15)20-11(17-7)18-10(19-20)8-2-4-16-5-3-8/h2-5,7,9H,6H2,1H3,(H,17,18,19). The molecule has 0 saturated heterocycles. The molecule has 3 rings (SSSR count). The van der Waals surface area contributed by atoms with E-state index in [1.165, 1.54) is 0 Å². The van der Waals surface area contributed by atoms with Crippen molar-refractivity contribution in [2.75, 3.05) is 5.32 Å². The number of nitrogens with zero attached hydrogens (tertiary/aromatic N) is 4. The van der Waals surface area contributed by atoms with Crippen LogP contribution >= 0.6 is 0 Å². The normalized spacial score (nSPS) is 22.2. The van der Waals surface area contributed by atoms with Gasteiger partial charge in [0.15, 0.2) is 11.9 Å². The van der Waals surface area contributed by atoms with Gasteiger partial charge < -0.3 is 5.32 Å². The number of hydrogen-bond donors (Lipinski definition) is 1. The Bertz CT molecular complexity index is 607. The maximum absolute atomic E-state index is 13.1. The van der Waals surface area contributed by atoms with Crippen molar-refractivity contribution in [3.8, 4) is 11.4 Å². The van der Waals surface area contributed by atoms with Gasteiger partial charge in [0, 0.05) is 24.0 Å². The molecular formula is C12H12F3N5. The molecule has 0 saturated carbocycles. The fourth-order valence-corrected chi connectivity index (χ4v) is 2.25. The van der Waals surface area contributed by atoms with Crippen LogP contribution in [-0.2, 0) is 0 Å². The molecule has 5 nitrogen and oxygen atoms in total. The molecule has 0 spiro atoms. The van der Waals surface area contributed by atoms with Crippen LogP contribution in [0.15, 0.2) is 24.5 Å². The summed E-state index contributed by atoms with van der Waals surface area (Å²) in [5, 5.41) is 6.92. The minimum atomic E-state index is -4.34. The number of pyridine rings is 1. The van der Waals surface area contributed by atoms with Gasteiger partial charge in [0.25, 0.3) is 0 Å². The molecule has 0 aliphatic carbocycles. The first kappa shape index (κ1) is 12.9. The van der Waals surface area contributed by atoms with Gasteiger partial charge in [-0.1, -0.05) is 0 Å². The average Bonchev–Trinajstić information content (AvgIpc) is 2.81. The van der Waals surface area contributed by atoms with Crippen molar-refractivity contribution in [1.82, 2.24) is 19.7 Å². The summed E-state index contributed by atoms with van der Waals surface area (Å²) in [6.07, 6.45) is -1.30. The highest BCUT2D eigenvalue weighted by molar-refractivity contribution is 5.55. The van der Waals surface area contributed by atoms with Crippen molar-refractivity contribution >= 4 is 5.95 Å². The van der Waals surface area contributed by atoms with Gasteiger partial charge in [0.2, 0.25) is 5.95 Å². The third-order valence-electron chi connectivity index (χ3n) is 3.20. The second kappa shape index (κ2) is 4.46. The monoisotopic (exact) mass is 283 g/mol. The minimum absolute atomic E-state index is 0.0599. The smallest absolute Gasteiger partial charge is 0.352 e. The molecule has 8 heteroatoms. The predicted octanol–water partition coefficient (Wildman–Crippen LogP) is 2.65. The summed E-state index contributed by atoms with van der Waals surface area (Å²) in [5.41, 5.74) is 0.636. The molecule has 2 aromatic rings. The summed E-state index contributed by atoms with van der Waals surface area (Å²) in [4.78, 5) is 8.01. The van der Waals surface area contributed by atoms with E-state index >= 15 is 0 Å². The van der Waals surface area contributed by atoms with Gasteiger partial charge in [-0.2, -0.15) is 18.2 Å². The van der Waals surface area contributed by atoms with E-state index < -0.39 is 12.2 Å². The molecule has 1 aliphatic rings. The van der Waals surface area contributed by atoms with Gasteiger partial charge in [-0.15, -0.1) is 5.10 Å². The highest BCUT2D eigenvalue weighted by Gasteiger charge is 2.46. The fourth-order valence-electron chi connectivity index (χ4n) is 2.25. The van der Waals surface area contributed by atoms with Crippen LogP contribution in [0, 0.1) is 0 Å². The van der Waals surface area contributed by atoms with Crippen LogP contribution in [0.5, 0.6) is 0 Å². The molecule has 2 atom stereocenters. The zero-order chi connectivity index (χ0) is 14.3. The molecule has 1 N–H and O–H groups in total. The second-order valence-electron chi connectivity index (χ2n) is 4.78. The third kappa shape index (κ3) is 2.21. The lowest BCUT2D eigenvalue weighted by molar-refractivity contribution is -0.173. The van der Waals surface area contributed by atoms with Crippen molar-refractivity contribution in [1.29, 1.82) is 0 Å². The Morgan fingerprint density at radius 3 is 2.65 bits per heavy atom. The molecule has 106 valence electrons. The number of aromatic nitrogens is 4. The van der Waals surface area contributed by atoms with E-state index in [1.807, 2.05) is 0 Å². The largest absolute Gasteiger partial charge is 0.411 e. The highest BCUT2D eigenvalue weighted by Crippen LogP contribution is 2.39. The van der Waals surface area contributed by atoms with Crippen LogP contribution in [0.3, 0.4) is 0 Å². The Morgan fingerprint density at radius 1 is 1.30 bits per heavy atom. The van der Waals surface area contributed by atoms with Crippen LogP contribution in [0.25, 0.3) is 11.4 Å². The molecule has 20 heavy (non-hydrogen) atoms. The molecule has 3 heterocycles. The van der Waals surface area contributed by atoms with Crippen molar-refractivity contribution in [2.24, 2.45) is 0 Å². The van der Waals surface area contributed by atoms with Crippen molar-refractivity contribution < 1.29 is 13.2 Å². The molecule has 0 bridgehead atoms. The predicted molar refractivity (Wildman–Crippen MR) is 66.0 cm³/mol. The SMILES string of the molecule is CC1CC(C(F)(F)F)n2nc(-c3ccncc3)nc2N1. The summed E-state index contributed by atoms with van der Waals surface area (Å²) in [7, 11) is 0. The Morgan fingerprint density at radius 2 is 2.00 bits per heavy atom. The molecular weight excluding hydrogens is 271 g/mol. The molecule has 1 aliphatic heterocycles. The first-order valence-electron chi connectivity index (χ1n) is 6.15. The first-order valence-corrected chi connectivity index (χ1v) is 6.15. The summed E-state index contributed by atoms with van der Waals surface area (Å²) in [5.74, 6) is 0.413. The lowest BCUT2D eigenvalue weighted by atomic mass is 10.1. The van der Waals surface area contributed by atoms with E-state index in [1.54, 1.807) is 31.5 Å². The van der Waals surface area contributed by atoms with Crippen molar-refractivity contribution in [2.45, 2.75) is 31.6 Å². The van der Waals surface area contributed by atoms with Crippen molar-refractivity contribution in [3.05, 3.63) is 24.5 Å². The summed E-state index contributed by atoms with van der Waals surface area (Å²) in [6, 6.07) is 1.38. The molecule has 2 unspecified atom stereocenters. The van der Waals surface area contributed by atoms with Crippen molar-refractivity contribution in [3.63, 3.8) is 0 Å². The third-order valence-corrected chi connectivity index (χ3v) is 3.20. The number of hydrogen-bond acceptors (Lipinski definition) is 4. The summed E-state index contributed by atoms with van der Waals surface area (Å²) in [6.45, 7) is 1.70. The van der Waals surface area contributed by atoms with Gasteiger partial charge in [-0.25, -0.2) is 4.68 Å². The number of fused-ring (bicyclic) bond motifs is 1. The Kier molecular flexibility index (Phi) is 2.88. The highest BCUT2D eigenvalue weighted by atomic mass is 19.4. The summed E-state index contributed by atoms with van der Waals surface area (Å²) >= 11 is 0. The Labute approximate surface area is 112 Å². The Balaban J connectivity index is 2.05. The zero-order valence-corrected chi connectivity index (χ0v) is 10.6. The van der Waals surface area contributed by atoms with E-state index in [0.717, 1.165) is 4.68 Å². The maximum Gasteiger partial charge on any atom is 0.411 e. The van der Waals surface area contributed by atoms with Gasteiger partial charge in [0.1, 0.15) is 0 Å². The Hall–Kier alpha value is -2.12. The van der Waals surface area contributed by atoms with Gasteiger partial charge in [0.05, 0.1) is 0 Å². The van der Waals surface area contributed by atoms with E-state index in [-0.39, 0.29) is 24.2 Å². The van der Waals surface area contributed by atoms with Crippen LogP contribution < -0.4 is 5.32 Å². The molecule has 2 aromatic heterocycles. The number of rotatable bonds is 1. The van der Waals surface area contributed by atoms with Gasteiger partial charge in [-0.3, -0.25) is 4.98 Å². The van der Waals surface area contributed by atoms with Gasteiger partial charge in [-0.05, 0) is 25.5 Å². The van der Waals surface area contributed by atoms with Crippen LogP contribution in [0.4, 0.5) is 19.1 Å². The van der Waals surface area contributed by atoms with E-state index in [4.69, 9.17) is 0 Å².